The van der Waals surface area contributed by atoms with E-state index in [1.807, 2.05) is 0 Å². The molecule has 1 aromatic heterocycles. The van der Waals surface area contributed by atoms with E-state index in [2.05, 4.69) is 20.9 Å². The predicted molar refractivity (Wildman–Crippen MR) is 51.7 cm³/mol. The zero-order valence-electron chi connectivity index (χ0n) is 7.56. The molecule has 1 aromatic rings. The molecule has 1 saturated heterocycles. The highest BCUT2D eigenvalue weighted by molar-refractivity contribution is 7.15. The Bertz CT molecular complexity index is 388. The van der Waals surface area contributed by atoms with Crippen molar-refractivity contribution in [3.05, 3.63) is 5.01 Å². The van der Waals surface area contributed by atoms with Gasteiger partial charge in [0.15, 0.2) is 0 Å². The first-order valence-electron chi connectivity index (χ1n) is 4.08. The first-order valence-corrected chi connectivity index (χ1v) is 4.89. The Morgan fingerprint density at radius 2 is 2.33 bits per heavy atom. The molecule has 80 valence electrons. The van der Waals surface area contributed by atoms with Gasteiger partial charge in [-0.05, 0) is 0 Å². The van der Waals surface area contributed by atoms with Crippen LogP contribution in [0, 0.1) is 0 Å². The number of rotatable bonds is 3. The van der Waals surface area contributed by atoms with E-state index in [1.165, 1.54) is 11.3 Å². The smallest absolute Gasteiger partial charge is 0.324 e. The lowest BCUT2D eigenvalue weighted by Crippen LogP contribution is -2.30. The number of amides is 3. The van der Waals surface area contributed by atoms with Crippen molar-refractivity contribution in [2.75, 3.05) is 12.0 Å². The van der Waals surface area contributed by atoms with Crippen molar-refractivity contribution < 1.29 is 9.59 Å². The Balaban J connectivity index is 2.07. The summed E-state index contributed by atoms with van der Waals surface area (Å²) in [5.74, 6) is 4.86. The molecule has 1 aliphatic heterocycles. The lowest BCUT2D eigenvalue weighted by atomic mass is 10.5. The average molecular weight is 228 g/mol. The number of nitrogens with zero attached hydrogens (tertiary/aromatic N) is 3. The van der Waals surface area contributed by atoms with E-state index in [0.717, 1.165) is 4.90 Å². The molecule has 2 heterocycles. The lowest BCUT2D eigenvalue weighted by Gasteiger charge is -2.08. The summed E-state index contributed by atoms with van der Waals surface area (Å²) in [6.07, 6.45) is 0. The molecule has 15 heavy (non-hydrogen) atoms. The number of hydrogen-bond acceptors (Lipinski definition) is 7. The van der Waals surface area contributed by atoms with E-state index >= 15 is 0 Å². The topological polar surface area (TPSA) is 113 Å². The first kappa shape index (κ1) is 9.80. The van der Waals surface area contributed by atoms with Crippen LogP contribution in [0.3, 0.4) is 0 Å². The molecule has 0 atom stereocenters. The van der Waals surface area contributed by atoms with E-state index < -0.39 is 6.03 Å². The van der Waals surface area contributed by atoms with Crippen LogP contribution in [0.1, 0.15) is 5.01 Å². The number of carbonyl (C=O) groups is 2. The fourth-order valence-corrected chi connectivity index (χ4v) is 1.77. The maximum absolute atomic E-state index is 11.2. The molecule has 0 aliphatic carbocycles. The molecule has 0 radical (unpaired) electrons. The van der Waals surface area contributed by atoms with E-state index in [4.69, 9.17) is 5.84 Å². The van der Waals surface area contributed by atoms with Crippen molar-refractivity contribution in [1.82, 2.24) is 20.4 Å². The molecular weight excluding hydrogens is 220 g/mol. The second kappa shape index (κ2) is 3.79. The number of hydrazine groups is 1. The van der Waals surface area contributed by atoms with Crippen LogP contribution in [0.4, 0.5) is 9.93 Å². The third-order valence-corrected chi connectivity index (χ3v) is 2.66. The van der Waals surface area contributed by atoms with E-state index in [0.29, 0.717) is 10.1 Å². The standard InChI is InChI=1S/C6H8N6O2S/c7-9-5-11-10-3(15-5)2-12-4(13)1-8-6(12)14/h1-2,7H2,(H,8,14)(H,9,11). The van der Waals surface area contributed by atoms with Gasteiger partial charge >= 0.3 is 6.03 Å². The highest BCUT2D eigenvalue weighted by Crippen LogP contribution is 2.16. The van der Waals surface area contributed by atoms with Gasteiger partial charge in [0.25, 0.3) is 0 Å². The molecule has 2 rings (SSSR count). The molecule has 1 fully saturated rings. The van der Waals surface area contributed by atoms with Gasteiger partial charge in [-0.3, -0.25) is 15.1 Å². The second-order valence-electron chi connectivity index (χ2n) is 2.78. The quantitative estimate of drug-likeness (QED) is 0.343. The molecule has 0 spiro atoms. The molecule has 3 amide bonds. The van der Waals surface area contributed by atoms with Crippen molar-refractivity contribution in [3.8, 4) is 0 Å². The molecule has 1 aliphatic rings. The molecule has 4 N–H and O–H groups in total. The molecule has 9 heteroatoms. The lowest BCUT2D eigenvalue weighted by molar-refractivity contribution is -0.125. The van der Waals surface area contributed by atoms with Gasteiger partial charge < -0.3 is 5.32 Å². The number of anilines is 1. The first-order chi connectivity index (χ1) is 7.20. The Labute approximate surface area is 88.4 Å². The Hall–Kier alpha value is -1.74. The maximum Gasteiger partial charge on any atom is 0.324 e. The van der Waals surface area contributed by atoms with Gasteiger partial charge in [0, 0.05) is 0 Å². The van der Waals surface area contributed by atoms with Gasteiger partial charge in [0.2, 0.25) is 11.0 Å². The maximum atomic E-state index is 11.2. The number of hydrogen-bond donors (Lipinski definition) is 3. The highest BCUT2D eigenvalue weighted by Gasteiger charge is 2.29. The number of nitrogens with one attached hydrogen (secondary N) is 2. The number of carbonyl (C=O) groups excluding carboxylic acids is 2. The van der Waals surface area contributed by atoms with Crippen LogP contribution in [0.5, 0.6) is 0 Å². The number of aromatic nitrogens is 2. The summed E-state index contributed by atoms with van der Waals surface area (Å²) in [6, 6.07) is -0.405. The molecule has 0 unspecified atom stereocenters. The summed E-state index contributed by atoms with van der Waals surface area (Å²) in [4.78, 5) is 23.5. The molecular formula is C6H8N6O2S. The number of urea groups is 1. The SMILES string of the molecule is NNc1nnc(CN2C(=O)CNC2=O)s1. The predicted octanol–water partition coefficient (Wildman–Crippen LogP) is -1.12. The summed E-state index contributed by atoms with van der Waals surface area (Å²) in [7, 11) is 0. The van der Waals surface area contributed by atoms with Gasteiger partial charge in [0.05, 0.1) is 13.1 Å². The second-order valence-corrected chi connectivity index (χ2v) is 3.85. The minimum Gasteiger partial charge on any atom is -0.329 e. The van der Waals surface area contributed by atoms with E-state index in [9.17, 15) is 9.59 Å². The van der Waals surface area contributed by atoms with Gasteiger partial charge in [-0.15, -0.1) is 10.2 Å². The Morgan fingerprint density at radius 3 is 2.87 bits per heavy atom. The summed E-state index contributed by atoms with van der Waals surface area (Å²) in [5.41, 5.74) is 2.34. The Morgan fingerprint density at radius 1 is 1.53 bits per heavy atom. The highest BCUT2D eigenvalue weighted by atomic mass is 32.1. The number of imide groups is 1. The van der Waals surface area contributed by atoms with Crippen molar-refractivity contribution in [1.29, 1.82) is 0 Å². The van der Waals surface area contributed by atoms with Crippen molar-refractivity contribution in [3.63, 3.8) is 0 Å². The minimum atomic E-state index is -0.405. The normalized spacial score (nSPS) is 15.7. The number of nitrogen functional groups attached to an aromatic ring is 1. The fraction of sp³-hybridized carbons (Fsp3) is 0.333. The monoisotopic (exact) mass is 228 g/mol. The summed E-state index contributed by atoms with van der Waals surface area (Å²) in [5, 5.41) is 10.9. The summed E-state index contributed by atoms with van der Waals surface area (Å²) < 4.78 is 0. The van der Waals surface area contributed by atoms with Gasteiger partial charge in [-0.2, -0.15) is 0 Å². The van der Waals surface area contributed by atoms with Crippen LogP contribution >= 0.6 is 11.3 Å². The molecule has 8 nitrogen and oxygen atoms in total. The summed E-state index contributed by atoms with van der Waals surface area (Å²) in [6.45, 7) is 0.170. The van der Waals surface area contributed by atoms with Crippen LogP contribution in [0.15, 0.2) is 0 Å². The van der Waals surface area contributed by atoms with Crippen molar-refractivity contribution in [2.24, 2.45) is 5.84 Å². The van der Waals surface area contributed by atoms with Gasteiger partial charge in [-0.25, -0.2) is 10.6 Å². The van der Waals surface area contributed by atoms with Crippen LogP contribution in [0.25, 0.3) is 0 Å². The van der Waals surface area contributed by atoms with Crippen LogP contribution in [-0.2, 0) is 11.3 Å². The third-order valence-electron chi connectivity index (χ3n) is 1.82. The van der Waals surface area contributed by atoms with Crippen molar-refractivity contribution in [2.45, 2.75) is 6.54 Å². The number of nitrogens with two attached hydrogens (primary N) is 1. The summed E-state index contributed by atoms with van der Waals surface area (Å²) >= 11 is 1.19. The van der Waals surface area contributed by atoms with E-state index in [-0.39, 0.29) is 19.0 Å². The largest absolute Gasteiger partial charge is 0.329 e. The minimum absolute atomic E-state index is 0.0413. The Kier molecular flexibility index (Phi) is 2.47. The van der Waals surface area contributed by atoms with E-state index in [1.54, 1.807) is 0 Å². The molecule has 0 aromatic carbocycles. The molecule has 0 saturated carbocycles. The molecule has 0 bridgehead atoms. The fourth-order valence-electron chi connectivity index (χ4n) is 1.13. The van der Waals surface area contributed by atoms with Gasteiger partial charge in [-0.1, -0.05) is 11.3 Å². The average Bonchev–Trinajstić information content (AvgIpc) is 2.80. The zero-order chi connectivity index (χ0) is 10.8. The van der Waals surface area contributed by atoms with Gasteiger partial charge in [0.1, 0.15) is 5.01 Å². The van der Waals surface area contributed by atoms with Crippen LogP contribution in [0.2, 0.25) is 0 Å². The third kappa shape index (κ3) is 1.87. The van der Waals surface area contributed by atoms with Crippen LogP contribution < -0.4 is 16.6 Å². The van der Waals surface area contributed by atoms with Crippen molar-refractivity contribution >= 4 is 28.4 Å². The van der Waals surface area contributed by atoms with Crippen LogP contribution in [-0.4, -0.2) is 33.6 Å². The zero-order valence-corrected chi connectivity index (χ0v) is 8.37.